The van der Waals surface area contributed by atoms with Crippen molar-refractivity contribution in [3.63, 3.8) is 0 Å². The van der Waals surface area contributed by atoms with Gasteiger partial charge in [0.25, 0.3) is 0 Å². The number of nitrogens with one attached hydrogen (secondary N) is 3. The van der Waals surface area contributed by atoms with Gasteiger partial charge >= 0.3 is 6.03 Å². The van der Waals surface area contributed by atoms with Gasteiger partial charge in [0, 0.05) is 24.3 Å². The van der Waals surface area contributed by atoms with Crippen LogP contribution in [0.4, 0.5) is 10.5 Å². The topological polar surface area (TPSA) is 53.2 Å². The molecule has 0 aliphatic carbocycles. The zero-order valence-electron chi connectivity index (χ0n) is 11.0. The maximum absolute atomic E-state index is 11.8. The second-order valence-electron chi connectivity index (χ2n) is 5.05. The largest absolute Gasteiger partial charge is 0.334 e. The molecule has 2 unspecified atom stereocenters. The van der Waals surface area contributed by atoms with E-state index in [1.165, 1.54) is 0 Å². The summed E-state index contributed by atoms with van der Waals surface area (Å²) in [7, 11) is 0. The lowest BCUT2D eigenvalue weighted by Gasteiger charge is -2.28. The van der Waals surface area contributed by atoms with Gasteiger partial charge in [-0.1, -0.05) is 12.1 Å². The molecule has 0 saturated carbocycles. The maximum Gasteiger partial charge on any atom is 0.319 e. The molecule has 1 saturated heterocycles. The van der Waals surface area contributed by atoms with Crippen LogP contribution in [0.5, 0.6) is 0 Å². The zero-order chi connectivity index (χ0) is 13.0. The first-order chi connectivity index (χ1) is 8.63. The van der Waals surface area contributed by atoms with Crippen LogP contribution in [-0.4, -0.2) is 24.7 Å². The second-order valence-corrected chi connectivity index (χ2v) is 5.05. The maximum atomic E-state index is 11.8. The summed E-state index contributed by atoms with van der Waals surface area (Å²) in [6.07, 6.45) is 2.14. The van der Waals surface area contributed by atoms with Gasteiger partial charge in [-0.05, 0) is 44.4 Å². The molecule has 1 aliphatic rings. The molecule has 1 aliphatic heterocycles. The first-order valence-electron chi connectivity index (χ1n) is 6.51. The third kappa shape index (κ3) is 3.74. The van der Waals surface area contributed by atoms with Crippen molar-refractivity contribution >= 4 is 11.7 Å². The molecule has 2 amide bonds. The summed E-state index contributed by atoms with van der Waals surface area (Å²) in [5, 5.41) is 9.23. The molecule has 1 aromatic carbocycles. The number of carbonyl (C=O) groups excluding carboxylic acids is 1. The van der Waals surface area contributed by atoms with E-state index < -0.39 is 0 Å². The van der Waals surface area contributed by atoms with Gasteiger partial charge in [-0.15, -0.1) is 0 Å². The van der Waals surface area contributed by atoms with E-state index in [1.807, 2.05) is 31.2 Å². The average Bonchev–Trinajstić information content (AvgIpc) is 2.32. The summed E-state index contributed by atoms with van der Waals surface area (Å²) < 4.78 is 0. The molecule has 0 spiro atoms. The van der Waals surface area contributed by atoms with E-state index in [2.05, 4.69) is 22.9 Å². The average molecular weight is 247 g/mol. The van der Waals surface area contributed by atoms with Gasteiger partial charge in [0.15, 0.2) is 0 Å². The fraction of sp³-hybridized carbons (Fsp3) is 0.500. The molecular formula is C14H21N3O. The first kappa shape index (κ1) is 12.9. The summed E-state index contributed by atoms with van der Waals surface area (Å²) in [5.41, 5.74) is 1.98. The van der Waals surface area contributed by atoms with Crippen molar-refractivity contribution in [1.82, 2.24) is 10.6 Å². The summed E-state index contributed by atoms with van der Waals surface area (Å²) in [6, 6.07) is 8.47. The first-order valence-corrected chi connectivity index (χ1v) is 6.51. The minimum absolute atomic E-state index is 0.123. The summed E-state index contributed by atoms with van der Waals surface area (Å²) >= 11 is 0. The number of benzene rings is 1. The molecule has 4 nitrogen and oxygen atoms in total. The number of urea groups is 1. The highest BCUT2D eigenvalue weighted by Crippen LogP contribution is 2.10. The predicted octanol–water partition coefficient (Wildman–Crippen LogP) is 2.26. The Bertz CT molecular complexity index is 411. The Kier molecular flexibility index (Phi) is 4.20. The number of amides is 2. The molecule has 2 rings (SSSR count). The summed E-state index contributed by atoms with van der Waals surface area (Å²) in [6.45, 7) is 5.03. The van der Waals surface area contributed by atoms with Crippen LogP contribution in [0.2, 0.25) is 0 Å². The highest BCUT2D eigenvalue weighted by atomic mass is 16.2. The highest BCUT2D eigenvalue weighted by Gasteiger charge is 2.18. The SMILES string of the molecule is Cc1cccc(NC(=O)NC2CCC(C)NC2)c1. The Morgan fingerprint density at radius 1 is 1.39 bits per heavy atom. The summed E-state index contributed by atoms with van der Waals surface area (Å²) in [4.78, 5) is 11.8. The second kappa shape index (κ2) is 5.87. The van der Waals surface area contributed by atoms with Crippen molar-refractivity contribution in [3.05, 3.63) is 29.8 Å². The number of rotatable bonds is 2. The molecule has 18 heavy (non-hydrogen) atoms. The van der Waals surface area contributed by atoms with Crippen molar-refractivity contribution in [2.75, 3.05) is 11.9 Å². The van der Waals surface area contributed by atoms with E-state index in [9.17, 15) is 4.79 Å². The van der Waals surface area contributed by atoms with E-state index >= 15 is 0 Å². The zero-order valence-corrected chi connectivity index (χ0v) is 11.0. The molecular weight excluding hydrogens is 226 g/mol. The van der Waals surface area contributed by atoms with Gasteiger partial charge in [0.05, 0.1) is 0 Å². The summed E-state index contributed by atoms with van der Waals surface area (Å²) in [5.74, 6) is 0. The molecule has 4 heteroatoms. The minimum atomic E-state index is -0.123. The van der Waals surface area contributed by atoms with Gasteiger partial charge in [-0.2, -0.15) is 0 Å². The molecule has 1 fully saturated rings. The molecule has 2 atom stereocenters. The number of anilines is 1. The number of carbonyl (C=O) groups is 1. The lowest BCUT2D eigenvalue weighted by atomic mass is 10.0. The molecule has 1 heterocycles. The Labute approximate surface area is 108 Å². The standard InChI is InChI=1S/C14H21N3O/c1-10-4-3-5-12(8-10)16-14(18)17-13-7-6-11(2)15-9-13/h3-5,8,11,13,15H,6-7,9H2,1-2H3,(H2,16,17,18). The molecule has 0 aromatic heterocycles. The fourth-order valence-corrected chi connectivity index (χ4v) is 2.20. The Morgan fingerprint density at radius 3 is 2.89 bits per heavy atom. The van der Waals surface area contributed by atoms with Crippen molar-refractivity contribution in [2.24, 2.45) is 0 Å². The molecule has 0 radical (unpaired) electrons. The van der Waals surface area contributed by atoms with E-state index in [0.29, 0.717) is 6.04 Å². The fourth-order valence-electron chi connectivity index (χ4n) is 2.20. The van der Waals surface area contributed by atoms with Gasteiger partial charge in [-0.25, -0.2) is 4.79 Å². The minimum Gasteiger partial charge on any atom is -0.334 e. The number of aryl methyl sites for hydroxylation is 1. The van der Waals surface area contributed by atoms with Crippen molar-refractivity contribution < 1.29 is 4.79 Å². The van der Waals surface area contributed by atoms with Crippen LogP contribution in [-0.2, 0) is 0 Å². The smallest absolute Gasteiger partial charge is 0.319 e. The third-order valence-electron chi connectivity index (χ3n) is 3.27. The van der Waals surface area contributed by atoms with Crippen LogP contribution in [0.1, 0.15) is 25.3 Å². The van der Waals surface area contributed by atoms with Crippen molar-refractivity contribution in [1.29, 1.82) is 0 Å². The van der Waals surface area contributed by atoms with E-state index in [4.69, 9.17) is 0 Å². The molecule has 1 aromatic rings. The van der Waals surface area contributed by atoms with Crippen LogP contribution < -0.4 is 16.0 Å². The Morgan fingerprint density at radius 2 is 2.22 bits per heavy atom. The predicted molar refractivity (Wildman–Crippen MR) is 73.8 cm³/mol. The van der Waals surface area contributed by atoms with Gasteiger partial charge < -0.3 is 16.0 Å². The highest BCUT2D eigenvalue weighted by molar-refractivity contribution is 5.89. The van der Waals surface area contributed by atoms with Gasteiger partial charge in [0.2, 0.25) is 0 Å². The Balaban J connectivity index is 1.82. The van der Waals surface area contributed by atoms with E-state index in [1.54, 1.807) is 0 Å². The van der Waals surface area contributed by atoms with E-state index in [-0.39, 0.29) is 12.1 Å². The lowest BCUT2D eigenvalue weighted by Crippen LogP contribution is -2.49. The van der Waals surface area contributed by atoms with Crippen LogP contribution in [0, 0.1) is 6.92 Å². The van der Waals surface area contributed by atoms with Gasteiger partial charge in [-0.3, -0.25) is 0 Å². The van der Waals surface area contributed by atoms with Crippen molar-refractivity contribution in [3.8, 4) is 0 Å². The molecule has 98 valence electrons. The third-order valence-corrected chi connectivity index (χ3v) is 3.27. The quantitative estimate of drug-likeness (QED) is 0.751. The number of hydrogen-bond acceptors (Lipinski definition) is 2. The van der Waals surface area contributed by atoms with E-state index in [0.717, 1.165) is 30.6 Å². The lowest BCUT2D eigenvalue weighted by molar-refractivity contribution is 0.243. The molecule has 3 N–H and O–H groups in total. The van der Waals surface area contributed by atoms with Crippen LogP contribution in [0.15, 0.2) is 24.3 Å². The molecule has 0 bridgehead atoms. The van der Waals surface area contributed by atoms with Crippen LogP contribution >= 0.6 is 0 Å². The number of hydrogen-bond donors (Lipinski definition) is 3. The van der Waals surface area contributed by atoms with Crippen LogP contribution in [0.25, 0.3) is 0 Å². The van der Waals surface area contributed by atoms with Crippen LogP contribution in [0.3, 0.4) is 0 Å². The Hall–Kier alpha value is -1.55. The monoisotopic (exact) mass is 247 g/mol. The van der Waals surface area contributed by atoms with Gasteiger partial charge in [0.1, 0.15) is 0 Å². The van der Waals surface area contributed by atoms with Crippen molar-refractivity contribution in [2.45, 2.75) is 38.8 Å². The number of piperidine rings is 1. The normalized spacial score (nSPS) is 23.4.